The molecule has 1 N–H and O–H groups in total. The monoisotopic (exact) mass is 210 g/mol. The molecule has 2 nitrogen and oxygen atoms in total. The molecule has 2 aliphatic carbocycles. The van der Waals surface area contributed by atoms with E-state index in [1.54, 1.807) is 0 Å². The van der Waals surface area contributed by atoms with E-state index in [4.69, 9.17) is 0 Å². The van der Waals surface area contributed by atoms with Crippen molar-refractivity contribution in [3.05, 3.63) is 0 Å². The maximum Gasteiger partial charge on any atom is 0.00965 e. The Morgan fingerprint density at radius 1 is 1.13 bits per heavy atom. The number of nitrogens with one attached hydrogen (secondary N) is 1. The molecule has 0 radical (unpaired) electrons. The van der Waals surface area contributed by atoms with E-state index in [-0.39, 0.29) is 0 Å². The second-order valence-corrected chi connectivity index (χ2v) is 5.87. The minimum atomic E-state index is 0.848. The molecule has 0 heterocycles. The number of hydrogen-bond acceptors (Lipinski definition) is 2. The third-order valence-electron chi connectivity index (χ3n) is 4.32. The summed E-state index contributed by atoms with van der Waals surface area (Å²) in [6.45, 7) is 3.62. The lowest BCUT2D eigenvalue weighted by Crippen LogP contribution is -2.35. The molecule has 15 heavy (non-hydrogen) atoms. The summed E-state index contributed by atoms with van der Waals surface area (Å²) >= 11 is 0. The molecule has 0 spiro atoms. The van der Waals surface area contributed by atoms with Crippen LogP contribution < -0.4 is 5.32 Å². The Bertz CT molecular complexity index is 195. The predicted octanol–water partition coefficient (Wildman–Crippen LogP) is 2.10. The van der Waals surface area contributed by atoms with Gasteiger partial charge in [-0.2, -0.15) is 0 Å². The van der Waals surface area contributed by atoms with Crippen molar-refractivity contribution in [2.45, 2.75) is 51.1 Å². The molecular formula is C13H26N2. The second-order valence-electron chi connectivity index (χ2n) is 5.87. The summed E-state index contributed by atoms with van der Waals surface area (Å²) in [7, 11) is 4.43. The van der Waals surface area contributed by atoms with Crippen molar-refractivity contribution < 1.29 is 0 Å². The van der Waals surface area contributed by atoms with Crippen LogP contribution in [0.15, 0.2) is 0 Å². The zero-order valence-electron chi connectivity index (χ0n) is 10.5. The molecule has 88 valence electrons. The van der Waals surface area contributed by atoms with E-state index in [9.17, 15) is 0 Å². The fourth-order valence-electron chi connectivity index (χ4n) is 2.79. The van der Waals surface area contributed by atoms with Crippen LogP contribution in [0.3, 0.4) is 0 Å². The Labute approximate surface area is 94.4 Å². The molecule has 0 aromatic heterocycles. The Morgan fingerprint density at radius 2 is 1.73 bits per heavy atom. The molecule has 0 unspecified atom stereocenters. The third kappa shape index (κ3) is 3.18. The minimum Gasteiger partial charge on any atom is -0.313 e. The molecule has 2 saturated carbocycles. The molecule has 2 rings (SSSR count). The first-order chi connectivity index (χ1) is 7.16. The Morgan fingerprint density at radius 3 is 2.20 bits per heavy atom. The van der Waals surface area contributed by atoms with Gasteiger partial charge in [-0.25, -0.2) is 0 Å². The summed E-state index contributed by atoms with van der Waals surface area (Å²) in [5.41, 5.74) is 0. The smallest absolute Gasteiger partial charge is 0.00965 e. The topological polar surface area (TPSA) is 15.3 Å². The Balaban J connectivity index is 1.61. The Hall–Kier alpha value is -0.0800. The highest BCUT2D eigenvalue weighted by Crippen LogP contribution is 2.31. The van der Waals surface area contributed by atoms with Gasteiger partial charge in [0.05, 0.1) is 0 Å². The van der Waals surface area contributed by atoms with Crippen LogP contribution in [-0.4, -0.2) is 37.6 Å². The van der Waals surface area contributed by atoms with Crippen molar-refractivity contribution in [1.29, 1.82) is 0 Å². The number of nitrogens with zero attached hydrogens (tertiary/aromatic N) is 1. The molecule has 2 aliphatic rings. The van der Waals surface area contributed by atoms with Crippen LogP contribution in [0.5, 0.6) is 0 Å². The maximum absolute atomic E-state index is 3.71. The van der Waals surface area contributed by atoms with Gasteiger partial charge < -0.3 is 10.2 Å². The molecule has 0 amide bonds. The lowest BCUT2D eigenvalue weighted by Gasteiger charge is -2.32. The van der Waals surface area contributed by atoms with E-state index >= 15 is 0 Å². The first-order valence-corrected chi connectivity index (χ1v) is 6.56. The lowest BCUT2D eigenvalue weighted by molar-refractivity contribution is 0.191. The average Bonchev–Trinajstić information content (AvgIpc) is 2.92. The standard InChI is InChI=1S/C13H26N2/c1-10-8-13(10)14-9-11-4-6-12(7-5-11)15(2)3/h10-14H,4-9H2,1-3H3/t10-,11?,12?,13-/m1/s1. The van der Waals surface area contributed by atoms with Gasteiger partial charge in [-0.05, 0) is 64.6 Å². The van der Waals surface area contributed by atoms with E-state index in [0.29, 0.717) is 0 Å². The molecule has 0 bridgehead atoms. The normalized spacial score (nSPS) is 40.8. The third-order valence-corrected chi connectivity index (χ3v) is 4.32. The molecule has 0 saturated heterocycles. The van der Waals surface area contributed by atoms with Crippen molar-refractivity contribution in [3.63, 3.8) is 0 Å². The van der Waals surface area contributed by atoms with E-state index in [0.717, 1.165) is 23.9 Å². The molecule has 2 atom stereocenters. The maximum atomic E-state index is 3.71. The Kier molecular flexibility index (Phi) is 3.68. The van der Waals surface area contributed by atoms with Crippen molar-refractivity contribution in [2.75, 3.05) is 20.6 Å². The highest BCUT2D eigenvalue weighted by atomic mass is 15.1. The van der Waals surface area contributed by atoms with Crippen LogP contribution >= 0.6 is 0 Å². The van der Waals surface area contributed by atoms with Gasteiger partial charge in [-0.1, -0.05) is 6.92 Å². The quantitative estimate of drug-likeness (QED) is 0.764. The molecular weight excluding hydrogens is 184 g/mol. The SMILES string of the molecule is C[C@@H]1C[C@H]1NCC1CCC(N(C)C)CC1. The highest BCUT2D eigenvalue weighted by molar-refractivity contribution is 4.90. The zero-order valence-corrected chi connectivity index (χ0v) is 10.5. The first-order valence-electron chi connectivity index (χ1n) is 6.56. The molecule has 0 aromatic carbocycles. The number of rotatable bonds is 4. The van der Waals surface area contributed by atoms with Crippen LogP contribution in [0.1, 0.15) is 39.0 Å². The fraction of sp³-hybridized carbons (Fsp3) is 1.00. The largest absolute Gasteiger partial charge is 0.313 e. The molecule has 0 aliphatic heterocycles. The van der Waals surface area contributed by atoms with Gasteiger partial charge in [0.25, 0.3) is 0 Å². The fourth-order valence-corrected chi connectivity index (χ4v) is 2.79. The van der Waals surface area contributed by atoms with Crippen LogP contribution in [0, 0.1) is 11.8 Å². The summed E-state index contributed by atoms with van der Waals surface area (Å²) < 4.78 is 0. The summed E-state index contributed by atoms with van der Waals surface area (Å²) in [6.07, 6.45) is 7.07. The van der Waals surface area contributed by atoms with Crippen LogP contribution in [-0.2, 0) is 0 Å². The summed E-state index contributed by atoms with van der Waals surface area (Å²) in [5.74, 6) is 1.90. The van der Waals surface area contributed by atoms with Crippen molar-refractivity contribution in [1.82, 2.24) is 10.2 Å². The van der Waals surface area contributed by atoms with E-state index in [1.165, 1.54) is 38.6 Å². The van der Waals surface area contributed by atoms with E-state index < -0.39 is 0 Å². The van der Waals surface area contributed by atoms with E-state index in [1.807, 2.05) is 0 Å². The predicted molar refractivity (Wildman–Crippen MR) is 65.0 cm³/mol. The van der Waals surface area contributed by atoms with Gasteiger partial charge in [0.2, 0.25) is 0 Å². The summed E-state index contributed by atoms with van der Waals surface area (Å²) in [6, 6.07) is 1.71. The van der Waals surface area contributed by atoms with Crippen molar-refractivity contribution >= 4 is 0 Å². The molecule has 2 fully saturated rings. The molecule has 0 aromatic rings. The van der Waals surface area contributed by atoms with Gasteiger partial charge in [-0.15, -0.1) is 0 Å². The van der Waals surface area contributed by atoms with Gasteiger partial charge in [0, 0.05) is 12.1 Å². The summed E-state index contributed by atoms with van der Waals surface area (Å²) in [5, 5.41) is 3.71. The van der Waals surface area contributed by atoms with Crippen LogP contribution in [0.4, 0.5) is 0 Å². The van der Waals surface area contributed by atoms with Gasteiger partial charge >= 0.3 is 0 Å². The van der Waals surface area contributed by atoms with Crippen molar-refractivity contribution in [2.24, 2.45) is 11.8 Å². The highest BCUT2D eigenvalue weighted by Gasteiger charge is 2.32. The first kappa shape index (κ1) is 11.4. The van der Waals surface area contributed by atoms with Crippen LogP contribution in [0.2, 0.25) is 0 Å². The zero-order chi connectivity index (χ0) is 10.8. The minimum absolute atomic E-state index is 0.848. The second kappa shape index (κ2) is 4.84. The van der Waals surface area contributed by atoms with Crippen LogP contribution in [0.25, 0.3) is 0 Å². The lowest BCUT2D eigenvalue weighted by atomic mass is 9.85. The number of hydrogen-bond donors (Lipinski definition) is 1. The van der Waals surface area contributed by atoms with Gasteiger partial charge in [0.15, 0.2) is 0 Å². The average molecular weight is 210 g/mol. The molecule has 2 heteroatoms. The summed E-state index contributed by atoms with van der Waals surface area (Å²) in [4.78, 5) is 2.40. The van der Waals surface area contributed by atoms with Gasteiger partial charge in [-0.3, -0.25) is 0 Å². The van der Waals surface area contributed by atoms with Crippen molar-refractivity contribution in [3.8, 4) is 0 Å². The van der Waals surface area contributed by atoms with E-state index in [2.05, 4.69) is 31.2 Å². The van der Waals surface area contributed by atoms with Gasteiger partial charge in [0.1, 0.15) is 0 Å².